The van der Waals surface area contributed by atoms with Crippen molar-refractivity contribution < 1.29 is 19.1 Å². The lowest BCUT2D eigenvalue weighted by molar-refractivity contribution is -0.147. The van der Waals surface area contributed by atoms with Crippen LogP contribution in [0.5, 0.6) is 5.75 Å². The van der Waals surface area contributed by atoms with Gasteiger partial charge in [0.25, 0.3) is 5.91 Å². The predicted octanol–water partition coefficient (Wildman–Crippen LogP) is 3.55. The molecule has 1 heterocycles. The number of nitrogens with one attached hydrogen (secondary N) is 1. The van der Waals surface area contributed by atoms with Crippen molar-refractivity contribution in [3.8, 4) is 5.75 Å². The number of amides is 1. The topological polar surface area (TPSA) is 67.9 Å². The number of carbonyl (C=O) groups excluding carboxylic acids is 2. The molecule has 1 aliphatic rings. The molecule has 1 aliphatic heterocycles. The number of aryl methyl sites for hydroxylation is 1. The van der Waals surface area contributed by atoms with Gasteiger partial charge in [-0.15, -0.1) is 0 Å². The van der Waals surface area contributed by atoms with Crippen LogP contribution in [0.25, 0.3) is 0 Å². The molecule has 0 spiro atoms. The van der Waals surface area contributed by atoms with Crippen LogP contribution in [-0.4, -0.2) is 38.2 Å². The molecular formula is C22H26N2O4. The molecule has 2 aromatic rings. The van der Waals surface area contributed by atoms with E-state index >= 15 is 0 Å². The summed E-state index contributed by atoms with van der Waals surface area (Å²) in [4.78, 5) is 26.0. The van der Waals surface area contributed by atoms with Crippen LogP contribution in [0.4, 0.5) is 11.4 Å². The van der Waals surface area contributed by atoms with Crippen LogP contribution >= 0.6 is 0 Å². The second kappa shape index (κ2) is 9.78. The van der Waals surface area contributed by atoms with Gasteiger partial charge in [-0.1, -0.05) is 12.1 Å². The molecule has 6 heteroatoms. The lowest BCUT2D eigenvalue weighted by atomic mass is 10.2. The maximum Gasteiger partial charge on any atom is 0.309 e. The predicted molar refractivity (Wildman–Crippen MR) is 109 cm³/mol. The first-order chi connectivity index (χ1) is 13.6. The molecular weight excluding hydrogens is 356 g/mol. The molecule has 0 radical (unpaired) electrons. The minimum Gasteiger partial charge on any atom is -0.493 e. The zero-order chi connectivity index (χ0) is 19.8. The molecule has 2 aromatic carbocycles. The quantitative estimate of drug-likeness (QED) is 0.707. The Morgan fingerprint density at radius 1 is 1.07 bits per heavy atom. The van der Waals surface area contributed by atoms with Gasteiger partial charge < -0.3 is 19.7 Å². The minimum atomic E-state index is -0.466. The minimum absolute atomic E-state index is 0.0890. The fraction of sp³-hybridized carbons (Fsp3) is 0.364. The van der Waals surface area contributed by atoms with Gasteiger partial charge in [-0.2, -0.15) is 0 Å². The number of anilines is 2. The summed E-state index contributed by atoms with van der Waals surface area (Å²) in [5, 5.41) is 2.74. The van der Waals surface area contributed by atoms with Gasteiger partial charge in [0.15, 0.2) is 6.61 Å². The maximum absolute atomic E-state index is 12.0. The van der Waals surface area contributed by atoms with Gasteiger partial charge >= 0.3 is 5.97 Å². The van der Waals surface area contributed by atoms with E-state index in [-0.39, 0.29) is 25.5 Å². The highest BCUT2D eigenvalue weighted by Crippen LogP contribution is 2.22. The number of benzene rings is 2. The molecule has 1 amide bonds. The molecule has 28 heavy (non-hydrogen) atoms. The van der Waals surface area contributed by atoms with Crippen molar-refractivity contribution in [2.24, 2.45) is 0 Å². The van der Waals surface area contributed by atoms with E-state index in [9.17, 15) is 9.59 Å². The Kier molecular flexibility index (Phi) is 6.89. The summed E-state index contributed by atoms with van der Waals surface area (Å²) >= 11 is 0. The number of esters is 1. The van der Waals surface area contributed by atoms with E-state index in [0.717, 1.165) is 24.3 Å². The molecule has 0 unspecified atom stereocenters. The fourth-order valence-electron chi connectivity index (χ4n) is 3.10. The van der Waals surface area contributed by atoms with Crippen molar-refractivity contribution in [3.63, 3.8) is 0 Å². The van der Waals surface area contributed by atoms with Gasteiger partial charge in [0.05, 0.1) is 13.0 Å². The van der Waals surface area contributed by atoms with Gasteiger partial charge in [0.1, 0.15) is 5.75 Å². The summed E-state index contributed by atoms with van der Waals surface area (Å²) in [5.74, 6) is -0.114. The highest BCUT2D eigenvalue weighted by atomic mass is 16.5. The van der Waals surface area contributed by atoms with Gasteiger partial charge in [0, 0.05) is 24.5 Å². The van der Waals surface area contributed by atoms with E-state index in [0.29, 0.717) is 11.4 Å². The van der Waals surface area contributed by atoms with E-state index in [1.54, 1.807) is 0 Å². The summed E-state index contributed by atoms with van der Waals surface area (Å²) in [6.45, 7) is 4.03. The summed E-state index contributed by atoms with van der Waals surface area (Å²) in [6, 6.07) is 15.3. The van der Waals surface area contributed by atoms with E-state index < -0.39 is 5.97 Å². The van der Waals surface area contributed by atoms with Crippen LogP contribution in [0, 0.1) is 6.92 Å². The summed E-state index contributed by atoms with van der Waals surface area (Å²) in [7, 11) is 0. The second-order valence-corrected chi connectivity index (χ2v) is 6.86. The lowest BCUT2D eigenvalue weighted by Gasteiger charge is -2.17. The van der Waals surface area contributed by atoms with Crippen molar-refractivity contribution in [3.05, 3.63) is 54.1 Å². The Hall–Kier alpha value is -3.02. The molecule has 148 valence electrons. The molecule has 0 aromatic heterocycles. The van der Waals surface area contributed by atoms with Gasteiger partial charge in [-0.25, -0.2) is 0 Å². The lowest BCUT2D eigenvalue weighted by Crippen LogP contribution is -2.22. The molecule has 0 aliphatic carbocycles. The Morgan fingerprint density at radius 2 is 1.82 bits per heavy atom. The number of nitrogens with zero attached hydrogens (tertiary/aromatic N) is 1. The Morgan fingerprint density at radius 3 is 2.54 bits per heavy atom. The van der Waals surface area contributed by atoms with Crippen molar-refractivity contribution in [1.29, 1.82) is 0 Å². The van der Waals surface area contributed by atoms with Gasteiger partial charge in [-0.3, -0.25) is 9.59 Å². The molecule has 0 saturated carbocycles. The molecule has 1 N–H and O–H groups in total. The Balaban J connectivity index is 1.34. The highest BCUT2D eigenvalue weighted by Gasteiger charge is 2.12. The number of hydrogen-bond donors (Lipinski definition) is 1. The smallest absolute Gasteiger partial charge is 0.309 e. The first-order valence-electron chi connectivity index (χ1n) is 9.60. The average Bonchev–Trinajstić information content (AvgIpc) is 3.22. The summed E-state index contributed by atoms with van der Waals surface area (Å²) in [6.07, 6.45) is 2.53. The Labute approximate surface area is 165 Å². The van der Waals surface area contributed by atoms with Crippen LogP contribution in [-0.2, 0) is 14.3 Å². The summed E-state index contributed by atoms with van der Waals surface area (Å²) in [5.41, 5.74) is 2.94. The zero-order valence-electron chi connectivity index (χ0n) is 16.1. The van der Waals surface area contributed by atoms with E-state index in [4.69, 9.17) is 9.47 Å². The number of rotatable bonds is 8. The second-order valence-electron chi connectivity index (χ2n) is 6.86. The summed E-state index contributed by atoms with van der Waals surface area (Å²) < 4.78 is 10.5. The molecule has 0 bridgehead atoms. The van der Waals surface area contributed by atoms with Crippen LogP contribution < -0.4 is 15.0 Å². The maximum atomic E-state index is 12.0. The van der Waals surface area contributed by atoms with Crippen LogP contribution in [0.3, 0.4) is 0 Å². The van der Waals surface area contributed by atoms with Crippen LogP contribution in [0.2, 0.25) is 0 Å². The number of hydrogen-bond acceptors (Lipinski definition) is 5. The zero-order valence-corrected chi connectivity index (χ0v) is 16.1. The van der Waals surface area contributed by atoms with Gasteiger partial charge in [0.2, 0.25) is 0 Å². The molecule has 0 atom stereocenters. The van der Waals surface area contributed by atoms with Crippen molar-refractivity contribution in [1.82, 2.24) is 0 Å². The molecule has 1 saturated heterocycles. The monoisotopic (exact) mass is 382 g/mol. The van der Waals surface area contributed by atoms with Gasteiger partial charge in [-0.05, 0) is 61.7 Å². The third kappa shape index (κ3) is 6.01. The largest absolute Gasteiger partial charge is 0.493 e. The normalized spacial score (nSPS) is 13.2. The van der Waals surface area contributed by atoms with Crippen molar-refractivity contribution in [2.45, 2.75) is 26.2 Å². The average molecular weight is 382 g/mol. The molecule has 6 nitrogen and oxygen atoms in total. The number of carbonyl (C=O) groups is 2. The Bertz CT molecular complexity index is 798. The highest BCUT2D eigenvalue weighted by molar-refractivity contribution is 5.92. The SMILES string of the molecule is Cc1cccc(OCCC(=O)OCC(=O)Nc2ccc(N3CCCC3)cc2)c1. The van der Waals surface area contributed by atoms with Crippen molar-refractivity contribution >= 4 is 23.3 Å². The first-order valence-corrected chi connectivity index (χ1v) is 9.60. The van der Waals surface area contributed by atoms with Crippen LogP contribution in [0.15, 0.2) is 48.5 Å². The van der Waals surface area contributed by atoms with E-state index in [1.807, 2.05) is 55.5 Å². The third-order valence-corrected chi connectivity index (χ3v) is 4.55. The van der Waals surface area contributed by atoms with E-state index in [2.05, 4.69) is 10.2 Å². The third-order valence-electron chi connectivity index (χ3n) is 4.55. The molecule has 1 fully saturated rings. The number of ether oxygens (including phenoxy) is 2. The molecule has 3 rings (SSSR count). The van der Waals surface area contributed by atoms with E-state index in [1.165, 1.54) is 12.8 Å². The van der Waals surface area contributed by atoms with Crippen molar-refractivity contribution in [2.75, 3.05) is 36.5 Å². The van der Waals surface area contributed by atoms with Crippen LogP contribution in [0.1, 0.15) is 24.8 Å². The first kappa shape index (κ1) is 19.7. The fourth-order valence-corrected chi connectivity index (χ4v) is 3.10. The standard InChI is InChI=1S/C22H26N2O4/c1-17-5-4-6-20(15-17)27-14-11-22(26)28-16-21(25)23-18-7-9-19(10-8-18)24-12-2-3-13-24/h4-10,15H,2-3,11-14,16H2,1H3,(H,23,25).